The van der Waals surface area contributed by atoms with E-state index in [4.69, 9.17) is 23.2 Å². The minimum absolute atomic E-state index is 0.00456. The van der Waals surface area contributed by atoms with E-state index in [9.17, 15) is 18.0 Å². The lowest BCUT2D eigenvalue weighted by molar-refractivity contribution is -0.121. The molecule has 11 heteroatoms. The topological polar surface area (TPSA) is 105 Å². The van der Waals surface area contributed by atoms with E-state index in [2.05, 4.69) is 15.3 Å². The molecule has 2 aromatic carbocycles. The number of benzene rings is 2. The quantitative estimate of drug-likeness (QED) is 0.390. The Hall–Kier alpha value is -2.46. The summed E-state index contributed by atoms with van der Waals surface area (Å²) < 4.78 is 30.6. The molecule has 0 spiro atoms. The largest absolute Gasteiger partial charge is 0.465 e. The molecule has 0 saturated heterocycles. The van der Waals surface area contributed by atoms with Crippen LogP contribution >= 0.6 is 23.2 Å². The van der Waals surface area contributed by atoms with Gasteiger partial charge in [0.25, 0.3) is 5.91 Å². The SMILES string of the molecule is COC(=O)c1ccc(/C=N\NC(=O)CN(C)S(=O)(=O)c2cc(Cl)ccc2Cl)cc1. The number of carbonyl (C=O) groups excluding carboxylic acids is 2. The van der Waals surface area contributed by atoms with Crippen LogP contribution in [0.2, 0.25) is 10.0 Å². The van der Waals surface area contributed by atoms with Crippen molar-refractivity contribution in [3.8, 4) is 0 Å². The predicted octanol–water partition coefficient (Wildman–Crippen LogP) is 2.55. The van der Waals surface area contributed by atoms with Crippen LogP contribution in [-0.4, -0.2) is 51.5 Å². The molecule has 0 bridgehead atoms. The van der Waals surface area contributed by atoms with E-state index in [1.165, 1.54) is 38.6 Å². The van der Waals surface area contributed by atoms with E-state index in [1.807, 2.05) is 0 Å². The molecule has 0 heterocycles. The average Bonchev–Trinajstić information content (AvgIpc) is 2.69. The van der Waals surface area contributed by atoms with Crippen LogP contribution in [0.5, 0.6) is 0 Å². The highest BCUT2D eigenvalue weighted by Crippen LogP contribution is 2.27. The second-order valence-electron chi connectivity index (χ2n) is 5.74. The van der Waals surface area contributed by atoms with E-state index < -0.39 is 28.4 Å². The summed E-state index contributed by atoms with van der Waals surface area (Å²) in [5.41, 5.74) is 3.22. The molecular weight excluding hydrogens is 441 g/mol. The molecule has 8 nitrogen and oxygen atoms in total. The maximum atomic E-state index is 12.6. The van der Waals surface area contributed by atoms with Crippen molar-refractivity contribution in [2.24, 2.45) is 5.10 Å². The Morgan fingerprint density at radius 3 is 2.45 bits per heavy atom. The van der Waals surface area contributed by atoms with Gasteiger partial charge in [-0.1, -0.05) is 35.3 Å². The maximum Gasteiger partial charge on any atom is 0.337 e. The molecule has 29 heavy (non-hydrogen) atoms. The number of hydrogen-bond acceptors (Lipinski definition) is 6. The third-order valence-electron chi connectivity index (χ3n) is 3.68. The predicted molar refractivity (Wildman–Crippen MR) is 110 cm³/mol. The van der Waals surface area contributed by atoms with Crippen molar-refractivity contribution in [2.45, 2.75) is 4.90 Å². The smallest absolute Gasteiger partial charge is 0.337 e. The van der Waals surface area contributed by atoms with Gasteiger partial charge in [-0.15, -0.1) is 0 Å². The first-order valence-electron chi connectivity index (χ1n) is 8.07. The number of sulfonamides is 1. The van der Waals surface area contributed by atoms with Crippen LogP contribution in [-0.2, 0) is 19.6 Å². The van der Waals surface area contributed by atoms with Gasteiger partial charge in [0.15, 0.2) is 0 Å². The van der Waals surface area contributed by atoms with Crippen molar-refractivity contribution in [3.05, 3.63) is 63.6 Å². The van der Waals surface area contributed by atoms with Crippen molar-refractivity contribution < 1.29 is 22.7 Å². The fraction of sp³-hybridized carbons (Fsp3) is 0.167. The van der Waals surface area contributed by atoms with Gasteiger partial charge in [0.05, 0.1) is 30.5 Å². The summed E-state index contributed by atoms with van der Waals surface area (Å²) in [5, 5.41) is 3.96. The van der Waals surface area contributed by atoms with Gasteiger partial charge < -0.3 is 4.74 Å². The van der Waals surface area contributed by atoms with Gasteiger partial charge in [-0.2, -0.15) is 9.41 Å². The van der Waals surface area contributed by atoms with E-state index in [0.29, 0.717) is 11.1 Å². The lowest BCUT2D eigenvalue weighted by Crippen LogP contribution is -2.36. The van der Waals surface area contributed by atoms with Crippen LogP contribution in [0.3, 0.4) is 0 Å². The maximum absolute atomic E-state index is 12.6. The lowest BCUT2D eigenvalue weighted by atomic mass is 10.1. The average molecular weight is 458 g/mol. The number of hydrazone groups is 1. The molecule has 0 unspecified atom stereocenters. The highest BCUT2D eigenvalue weighted by atomic mass is 35.5. The number of likely N-dealkylation sites (N-methyl/N-ethyl adjacent to an activating group) is 1. The van der Waals surface area contributed by atoms with Crippen molar-refractivity contribution in [2.75, 3.05) is 20.7 Å². The summed E-state index contributed by atoms with van der Waals surface area (Å²) in [7, 11) is -1.50. The number of nitrogens with one attached hydrogen (secondary N) is 1. The first kappa shape index (κ1) is 22.8. The van der Waals surface area contributed by atoms with Crippen molar-refractivity contribution in [1.29, 1.82) is 0 Å². The van der Waals surface area contributed by atoms with Gasteiger partial charge in [-0.3, -0.25) is 4.79 Å². The molecule has 0 aliphatic carbocycles. The lowest BCUT2D eigenvalue weighted by Gasteiger charge is -2.17. The van der Waals surface area contributed by atoms with Crippen LogP contribution in [0.4, 0.5) is 0 Å². The summed E-state index contributed by atoms with van der Waals surface area (Å²) >= 11 is 11.8. The minimum Gasteiger partial charge on any atom is -0.465 e. The Morgan fingerprint density at radius 1 is 1.17 bits per heavy atom. The Morgan fingerprint density at radius 2 is 1.83 bits per heavy atom. The molecule has 0 fully saturated rings. The number of rotatable bonds is 7. The van der Waals surface area contributed by atoms with Crippen molar-refractivity contribution >= 4 is 51.3 Å². The number of esters is 1. The Kier molecular flexibility index (Phi) is 7.74. The molecule has 0 atom stereocenters. The first-order chi connectivity index (χ1) is 13.6. The molecule has 154 valence electrons. The third kappa shape index (κ3) is 6.01. The standard InChI is InChI=1S/C18H17Cl2N3O5S/c1-23(29(26,27)16-9-14(19)7-8-15(16)20)11-17(24)22-21-10-12-3-5-13(6-4-12)18(25)28-2/h3-10H,11H2,1-2H3,(H,22,24)/b21-10-. The summed E-state index contributed by atoms with van der Waals surface area (Å²) in [4.78, 5) is 23.2. The zero-order valence-electron chi connectivity index (χ0n) is 15.4. The highest BCUT2D eigenvalue weighted by molar-refractivity contribution is 7.89. The second kappa shape index (κ2) is 9.84. The minimum atomic E-state index is -4.02. The van der Waals surface area contributed by atoms with Crippen LogP contribution in [0, 0.1) is 0 Å². The van der Waals surface area contributed by atoms with Gasteiger partial charge in [-0.05, 0) is 35.9 Å². The molecule has 2 aromatic rings. The van der Waals surface area contributed by atoms with Crippen LogP contribution in [0.15, 0.2) is 52.5 Å². The van der Waals surface area contributed by atoms with E-state index in [0.717, 1.165) is 4.31 Å². The molecule has 0 radical (unpaired) electrons. The Balaban J connectivity index is 1.98. The number of halogens is 2. The fourth-order valence-electron chi connectivity index (χ4n) is 2.17. The number of ether oxygens (including phenoxy) is 1. The number of carbonyl (C=O) groups is 2. The van der Waals surface area contributed by atoms with Gasteiger partial charge in [0.1, 0.15) is 4.90 Å². The van der Waals surface area contributed by atoms with Crippen LogP contribution in [0.25, 0.3) is 0 Å². The van der Waals surface area contributed by atoms with Crippen LogP contribution < -0.4 is 5.43 Å². The molecule has 0 aliphatic heterocycles. The Bertz CT molecular complexity index is 1040. The van der Waals surface area contributed by atoms with Gasteiger partial charge >= 0.3 is 5.97 Å². The van der Waals surface area contributed by atoms with Gasteiger partial charge in [-0.25, -0.2) is 18.6 Å². The van der Waals surface area contributed by atoms with E-state index >= 15 is 0 Å². The first-order valence-corrected chi connectivity index (χ1v) is 10.3. The molecule has 1 N–H and O–H groups in total. The summed E-state index contributed by atoms with van der Waals surface area (Å²) in [6.07, 6.45) is 1.35. The zero-order chi connectivity index (χ0) is 21.6. The molecule has 2 rings (SSSR count). The normalized spacial score (nSPS) is 11.6. The van der Waals surface area contributed by atoms with Gasteiger partial charge in [0.2, 0.25) is 10.0 Å². The highest BCUT2D eigenvalue weighted by Gasteiger charge is 2.25. The number of amides is 1. The Labute approximate surface area is 178 Å². The molecule has 0 aromatic heterocycles. The second-order valence-corrected chi connectivity index (χ2v) is 8.60. The van der Waals surface area contributed by atoms with E-state index in [1.54, 1.807) is 24.3 Å². The summed E-state index contributed by atoms with van der Waals surface area (Å²) in [6, 6.07) is 10.3. The van der Waals surface area contributed by atoms with Crippen molar-refractivity contribution in [3.63, 3.8) is 0 Å². The van der Waals surface area contributed by atoms with Crippen LogP contribution in [0.1, 0.15) is 15.9 Å². The number of nitrogens with zero attached hydrogens (tertiary/aromatic N) is 2. The number of hydrogen-bond donors (Lipinski definition) is 1. The van der Waals surface area contributed by atoms with Crippen molar-refractivity contribution in [1.82, 2.24) is 9.73 Å². The summed E-state index contributed by atoms with van der Waals surface area (Å²) in [6.45, 7) is -0.482. The monoisotopic (exact) mass is 457 g/mol. The number of methoxy groups -OCH3 is 1. The molecule has 0 aliphatic rings. The zero-order valence-corrected chi connectivity index (χ0v) is 17.8. The molecular formula is C18H17Cl2N3O5S. The van der Waals surface area contributed by atoms with Gasteiger partial charge in [0, 0.05) is 12.1 Å². The molecule has 0 saturated carbocycles. The third-order valence-corrected chi connectivity index (χ3v) is 6.20. The summed E-state index contributed by atoms with van der Waals surface area (Å²) in [5.74, 6) is -1.12. The van der Waals surface area contributed by atoms with E-state index in [-0.39, 0.29) is 14.9 Å². The fourth-order valence-corrected chi connectivity index (χ4v) is 4.03. The molecule has 1 amide bonds.